The maximum atomic E-state index is 13.3. The molecule has 3 N–H and O–H groups in total. The molecule has 1 aliphatic carbocycles. The lowest BCUT2D eigenvalue weighted by Gasteiger charge is -2.28. The number of hydrogen-bond acceptors (Lipinski definition) is 6. The van der Waals surface area contributed by atoms with E-state index in [1.165, 1.54) is 0 Å². The number of fused-ring (bicyclic) bond motifs is 1. The van der Waals surface area contributed by atoms with Crippen LogP contribution in [0.4, 0.5) is 5.69 Å². The van der Waals surface area contributed by atoms with Crippen molar-refractivity contribution in [2.24, 2.45) is 0 Å². The van der Waals surface area contributed by atoms with E-state index in [0.717, 1.165) is 53.8 Å². The highest BCUT2D eigenvalue weighted by Crippen LogP contribution is 2.32. The number of H-pyrrole nitrogens is 1. The van der Waals surface area contributed by atoms with Crippen molar-refractivity contribution in [1.29, 1.82) is 0 Å². The summed E-state index contributed by atoms with van der Waals surface area (Å²) < 4.78 is 1.82. The Bertz CT molecular complexity index is 1220. The van der Waals surface area contributed by atoms with Gasteiger partial charge in [0.15, 0.2) is 5.82 Å². The maximum Gasteiger partial charge on any atom is 0.255 e. The summed E-state index contributed by atoms with van der Waals surface area (Å²) >= 11 is 0. The van der Waals surface area contributed by atoms with E-state index in [1.54, 1.807) is 24.9 Å². The van der Waals surface area contributed by atoms with Crippen molar-refractivity contribution in [2.75, 3.05) is 5.32 Å². The SMILES string of the molecule is CC(C)Nc1c(C(=O)N[C@H]2CC[C@H](c3nc[nH]n3)CC2)cnn2cc(-c3ccncc3)cc12. The van der Waals surface area contributed by atoms with Crippen LogP contribution < -0.4 is 10.6 Å². The highest BCUT2D eigenvalue weighted by Gasteiger charge is 2.27. The number of pyridine rings is 1. The van der Waals surface area contributed by atoms with E-state index in [1.807, 2.05) is 22.8 Å². The summed E-state index contributed by atoms with van der Waals surface area (Å²) in [7, 11) is 0. The molecule has 0 atom stereocenters. The molecule has 1 aliphatic rings. The highest BCUT2D eigenvalue weighted by atomic mass is 16.1. The first-order valence-electron chi connectivity index (χ1n) is 11.4. The summed E-state index contributed by atoms with van der Waals surface area (Å²) in [4.78, 5) is 21.7. The number of nitrogens with zero attached hydrogens (tertiary/aromatic N) is 5. The standard InChI is InChI=1S/C24H28N8O/c1-15(2)29-22-20(12-28-32-13-18(11-21(22)32)16-7-9-25-10-8-16)24(33)30-19-5-3-17(4-6-19)23-26-14-27-31-23/h7-15,17,19,29H,3-6H2,1-2H3,(H,30,33)(H,26,27,31)/t17-,19-. The number of amides is 1. The molecule has 170 valence electrons. The molecular formula is C24H28N8O. The lowest BCUT2D eigenvalue weighted by Crippen LogP contribution is -2.38. The first-order valence-corrected chi connectivity index (χ1v) is 11.4. The molecule has 1 amide bonds. The molecule has 4 aromatic heterocycles. The van der Waals surface area contributed by atoms with Gasteiger partial charge in [0.05, 0.1) is 23.0 Å². The number of carbonyl (C=O) groups excluding carboxylic acids is 1. The summed E-state index contributed by atoms with van der Waals surface area (Å²) in [5, 5.41) is 18.2. The van der Waals surface area contributed by atoms with Gasteiger partial charge in [0, 0.05) is 42.2 Å². The first kappa shape index (κ1) is 21.1. The molecule has 0 aromatic carbocycles. The van der Waals surface area contributed by atoms with Crippen molar-refractivity contribution in [3.05, 3.63) is 60.7 Å². The average molecular weight is 445 g/mol. The van der Waals surface area contributed by atoms with Gasteiger partial charge in [0.25, 0.3) is 5.91 Å². The van der Waals surface area contributed by atoms with Crippen LogP contribution in [0, 0.1) is 0 Å². The van der Waals surface area contributed by atoms with E-state index in [9.17, 15) is 4.79 Å². The van der Waals surface area contributed by atoms with Crippen LogP contribution in [0.5, 0.6) is 0 Å². The van der Waals surface area contributed by atoms with Gasteiger partial charge in [-0.15, -0.1) is 0 Å². The minimum Gasteiger partial charge on any atom is -0.380 e. The molecule has 0 unspecified atom stereocenters. The fourth-order valence-corrected chi connectivity index (χ4v) is 4.55. The van der Waals surface area contributed by atoms with Crippen molar-refractivity contribution in [3.63, 3.8) is 0 Å². The third kappa shape index (κ3) is 4.44. The summed E-state index contributed by atoms with van der Waals surface area (Å²) in [6.45, 7) is 4.13. The van der Waals surface area contributed by atoms with Gasteiger partial charge >= 0.3 is 0 Å². The maximum absolute atomic E-state index is 13.3. The van der Waals surface area contributed by atoms with Gasteiger partial charge in [-0.1, -0.05) is 0 Å². The van der Waals surface area contributed by atoms with Gasteiger partial charge in [-0.3, -0.25) is 14.9 Å². The molecule has 9 nitrogen and oxygen atoms in total. The second-order valence-electron chi connectivity index (χ2n) is 8.91. The third-order valence-electron chi connectivity index (χ3n) is 6.19. The van der Waals surface area contributed by atoms with E-state index in [0.29, 0.717) is 11.5 Å². The number of aromatic amines is 1. The Labute approximate surface area is 192 Å². The average Bonchev–Trinajstić information content (AvgIpc) is 3.50. The molecule has 4 aromatic rings. The molecule has 9 heteroatoms. The van der Waals surface area contributed by atoms with Gasteiger partial charge in [-0.2, -0.15) is 10.2 Å². The van der Waals surface area contributed by atoms with E-state index < -0.39 is 0 Å². The fourth-order valence-electron chi connectivity index (χ4n) is 4.55. The normalized spacial score (nSPS) is 18.5. The van der Waals surface area contributed by atoms with Gasteiger partial charge < -0.3 is 10.6 Å². The predicted molar refractivity (Wildman–Crippen MR) is 126 cm³/mol. The van der Waals surface area contributed by atoms with E-state index in [2.05, 4.69) is 55.8 Å². The van der Waals surface area contributed by atoms with Crippen LogP contribution in [-0.4, -0.2) is 47.8 Å². The van der Waals surface area contributed by atoms with Crippen LogP contribution >= 0.6 is 0 Å². The molecule has 0 aliphatic heterocycles. The molecule has 1 fully saturated rings. The van der Waals surface area contributed by atoms with Gasteiger partial charge in [-0.05, 0) is 63.3 Å². The van der Waals surface area contributed by atoms with Crippen LogP contribution in [0.1, 0.15) is 61.6 Å². The fraction of sp³-hybridized carbons (Fsp3) is 0.375. The van der Waals surface area contributed by atoms with Crippen molar-refractivity contribution < 1.29 is 4.79 Å². The number of rotatable bonds is 6. The number of carbonyl (C=O) groups is 1. The molecule has 5 rings (SSSR count). The van der Waals surface area contributed by atoms with Crippen LogP contribution in [0.2, 0.25) is 0 Å². The molecule has 4 heterocycles. The Balaban J connectivity index is 1.38. The lowest BCUT2D eigenvalue weighted by atomic mass is 9.85. The summed E-state index contributed by atoms with van der Waals surface area (Å²) in [6.07, 6.45) is 12.5. The first-order chi connectivity index (χ1) is 16.1. The van der Waals surface area contributed by atoms with Gasteiger partial charge in [-0.25, -0.2) is 9.50 Å². The highest BCUT2D eigenvalue weighted by molar-refractivity contribution is 6.03. The quantitative estimate of drug-likeness (QED) is 0.417. The van der Waals surface area contributed by atoms with E-state index in [4.69, 9.17) is 0 Å². The van der Waals surface area contributed by atoms with Gasteiger partial charge in [0.2, 0.25) is 0 Å². The second-order valence-corrected chi connectivity index (χ2v) is 8.91. The number of aromatic nitrogens is 6. The Morgan fingerprint density at radius 1 is 1.15 bits per heavy atom. The van der Waals surface area contributed by atoms with Crippen LogP contribution in [0.15, 0.2) is 49.3 Å². The Kier molecular flexibility index (Phi) is 5.77. The second kappa shape index (κ2) is 9.01. The molecule has 0 radical (unpaired) electrons. The van der Waals surface area contributed by atoms with E-state index in [-0.39, 0.29) is 18.0 Å². The van der Waals surface area contributed by atoms with Gasteiger partial charge in [0.1, 0.15) is 6.33 Å². The number of nitrogens with one attached hydrogen (secondary N) is 3. The van der Waals surface area contributed by atoms with Crippen molar-refractivity contribution in [3.8, 4) is 11.1 Å². The lowest BCUT2D eigenvalue weighted by molar-refractivity contribution is 0.0926. The smallest absolute Gasteiger partial charge is 0.255 e. The summed E-state index contributed by atoms with van der Waals surface area (Å²) in [5.41, 5.74) is 4.31. The molecule has 33 heavy (non-hydrogen) atoms. The minimum absolute atomic E-state index is 0.0962. The number of hydrogen-bond donors (Lipinski definition) is 3. The van der Waals surface area contributed by atoms with Crippen molar-refractivity contribution >= 4 is 17.1 Å². The zero-order chi connectivity index (χ0) is 22.8. The van der Waals surface area contributed by atoms with E-state index >= 15 is 0 Å². The van der Waals surface area contributed by atoms with Crippen LogP contribution in [0.25, 0.3) is 16.6 Å². The third-order valence-corrected chi connectivity index (χ3v) is 6.19. The Morgan fingerprint density at radius 2 is 1.94 bits per heavy atom. The predicted octanol–water partition coefficient (Wildman–Crippen LogP) is 3.79. The minimum atomic E-state index is -0.0962. The zero-order valence-electron chi connectivity index (χ0n) is 18.8. The largest absolute Gasteiger partial charge is 0.380 e. The monoisotopic (exact) mass is 444 g/mol. The van der Waals surface area contributed by atoms with Crippen LogP contribution in [0.3, 0.4) is 0 Å². The number of anilines is 1. The summed E-state index contributed by atoms with van der Waals surface area (Å²) in [5.74, 6) is 1.13. The molecule has 1 saturated carbocycles. The summed E-state index contributed by atoms with van der Waals surface area (Å²) in [6, 6.07) is 6.29. The van der Waals surface area contributed by atoms with Crippen molar-refractivity contribution in [2.45, 2.75) is 57.5 Å². The molecule has 0 spiro atoms. The molecular weight excluding hydrogens is 416 g/mol. The van der Waals surface area contributed by atoms with Crippen molar-refractivity contribution in [1.82, 2.24) is 35.1 Å². The Morgan fingerprint density at radius 3 is 2.64 bits per heavy atom. The molecule has 0 saturated heterocycles. The van der Waals surface area contributed by atoms with Crippen LogP contribution in [-0.2, 0) is 0 Å². The zero-order valence-corrected chi connectivity index (χ0v) is 18.8. The molecule has 0 bridgehead atoms. The topological polar surface area (TPSA) is 113 Å². The Hall–Kier alpha value is -3.75.